The van der Waals surface area contributed by atoms with E-state index in [0.717, 1.165) is 51.3 Å². The molecule has 0 saturated carbocycles. The number of carbonyl (C=O) groups excluding carboxylic acids is 1. The summed E-state index contributed by atoms with van der Waals surface area (Å²) in [5.74, 6) is 0.959. The lowest BCUT2D eigenvalue weighted by molar-refractivity contribution is -0.132. The van der Waals surface area contributed by atoms with Crippen LogP contribution >= 0.6 is 24.0 Å². The number of fused-ring (bicyclic) bond motifs is 1. The molecule has 8 heteroatoms. The quantitative estimate of drug-likeness (QED) is 0.172. The highest BCUT2D eigenvalue weighted by Crippen LogP contribution is 2.19. The van der Waals surface area contributed by atoms with Gasteiger partial charge in [-0.25, -0.2) is 0 Å². The molecule has 1 aromatic rings. The van der Waals surface area contributed by atoms with Gasteiger partial charge in [-0.15, -0.1) is 24.0 Å². The van der Waals surface area contributed by atoms with Crippen molar-refractivity contribution in [3.63, 3.8) is 0 Å². The van der Waals surface area contributed by atoms with Gasteiger partial charge >= 0.3 is 0 Å². The zero-order valence-electron chi connectivity index (χ0n) is 19.0. The second-order valence-corrected chi connectivity index (χ2v) is 7.44. The molecule has 31 heavy (non-hydrogen) atoms. The number of guanidine groups is 1. The van der Waals surface area contributed by atoms with Gasteiger partial charge in [0.1, 0.15) is 0 Å². The number of ether oxygens (including phenoxy) is 2. The Morgan fingerprint density at radius 3 is 2.48 bits per heavy atom. The van der Waals surface area contributed by atoms with E-state index in [-0.39, 0.29) is 29.9 Å². The lowest BCUT2D eigenvalue weighted by atomic mass is 9.99. The fourth-order valence-corrected chi connectivity index (χ4v) is 3.34. The van der Waals surface area contributed by atoms with Gasteiger partial charge in [0, 0.05) is 46.3 Å². The maximum absolute atomic E-state index is 12.5. The Morgan fingerprint density at radius 2 is 1.74 bits per heavy atom. The topological polar surface area (TPSA) is 75.2 Å². The smallest absolute Gasteiger partial charge is 0.222 e. The van der Waals surface area contributed by atoms with Crippen molar-refractivity contribution in [1.29, 1.82) is 0 Å². The predicted molar refractivity (Wildman–Crippen MR) is 136 cm³/mol. The molecule has 0 radical (unpaired) electrons. The fourth-order valence-electron chi connectivity index (χ4n) is 3.34. The summed E-state index contributed by atoms with van der Waals surface area (Å²) in [6, 6.07) is 8.39. The molecule has 1 aromatic carbocycles. The number of hydrogen-bond acceptors (Lipinski definition) is 4. The number of carbonyl (C=O) groups is 1. The summed E-state index contributed by atoms with van der Waals surface area (Å²) in [5, 5.41) is 6.48. The third-order valence-corrected chi connectivity index (χ3v) is 5.12. The molecule has 0 bridgehead atoms. The molecule has 1 heterocycles. The molecule has 2 N–H and O–H groups in total. The van der Waals surface area contributed by atoms with Crippen molar-refractivity contribution in [2.75, 3.05) is 53.1 Å². The van der Waals surface area contributed by atoms with E-state index in [1.165, 1.54) is 11.1 Å². The highest BCUT2D eigenvalue weighted by atomic mass is 127. The maximum Gasteiger partial charge on any atom is 0.222 e. The van der Waals surface area contributed by atoms with Gasteiger partial charge in [0.25, 0.3) is 0 Å². The van der Waals surface area contributed by atoms with E-state index in [1.54, 1.807) is 7.05 Å². The van der Waals surface area contributed by atoms with Crippen molar-refractivity contribution in [3.05, 3.63) is 35.4 Å². The van der Waals surface area contributed by atoms with Gasteiger partial charge in [0.2, 0.25) is 5.91 Å². The number of nitrogens with zero attached hydrogens (tertiary/aromatic N) is 2. The second kappa shape index (κ2) is 17.2. The number of halogens is 1. The van der Waals surface area contributed by atoms with Gasteiger partial charge in [0.05, 0.1) is 19.8 Å². The molecular formula is C23H39IN4O3. The van der Waals surface area contributed by atoms with Crippen LogP contribution in [0.25, 0.3) is 0 Å². The Hall–Kier alpha value is -1.39. The van der Waals surface area contributed by atoms with E-state index < -0.39 is 0 Å². The molecule has 0 spiro atoms. The van der Waals surface area contributed by atoms with Crippen LogP contribution in [-0.4, -0.2) is 69.9 Å². The van der Waals surface area contributed by atoms with Crippen LogP contribution in [0.4, 0.5) is 0 Å². The molecule has 2 rings (SSSR count). The van der Waals surface area contributed by atoms with Crippen LogP contribution in [0.15, 0.2) is 29.3 Å². The minimum absolute atomic E-state index is 0. The van der Waals surface area contributed by atoms with E-state index in [4.69, 9.17) is 9.47 Å². The van der Waals surface area contributed by atoms with E-state index in [1.807, 2.05) is 11.0 Å². The first-order valence-corrected chi connectivity index (χ1v) is 11.2. The van der Waals surface area contributed by atoms with Gasteiger partial charge in [0.15, 0.2) is 5.96 Å². The highest BCUT2D eigenvalue weighted by Gasteiger charge is 2.19. The first-order chi connectivity index (χ1) is 14.7. The average molecular weight is 546 g/mol. The van der Waals surface area contributed by atoms with Gasteiger partial charge in [-0.05, 0) is 30.4 Å². The van der Waals surface area contributed by atoms with E-state index in [9.17, 15) is 4.79 Å². The Kier molecular flexibility index (Phi) is 15.3. The number of benzene rings is 1. The summed E-state index contributed by atoms with van der Waals surface area (Å²) in [7, 11) is 1.74. The summed E-state index contributed by atoms with van der Waals surface area (Å²) in [4.78, 5) is 18.7. The van der Waals surface area contributed by atoms with Crippen LogP contribution in [0.1, 0.15) is 43.7 Å². The van der Waals surface area contributed by atoms with Crippen molar-refractivity contribution >= 4 is 35.8 Å². The molecule has 0 saturated heterocycles. The Bertz CT molecular complexity index is 657. The van der Waals surface area contributed by atoms with Crippen LogP contribution in [0.2, 0.25) is 0 Å². The van der Waals surface area contributed by atoms with Gasteiger partial charge < -0.3 is 25.0 Å². The van der Waals surface area contributed by atoms with E-state index in [2.05, 4.69) is 40.7 Å². The highest BCUT2D eigenvalue weighted by molar-refractivity contribution is 14.0. The number of unbranched alkanes of at least 4 members (excludes halogenated alkanes) is 1. The molecule has 0 atom stereocenters. The number of aliphatic imine (C=N–C) groups is 1. The molecule has 1 aliphatic rings. The lowest BCUT2D eigenvalue weighted by Gasteiger charge is -2.29. The largest absolute Gasteiger partial charge is 0.379 e. The molecule has 0 fully saturated rings. The fraction of sp³-hybridized carbons (Fsp3) is 0.652. The molecule has 0 unspecified atom stereocenters. The molecule has 1 amide bonds. The first kappa shape index (κ1) is 27.6. The predicted octanol–water partition coefficient (Wildman–Crippen LogP) is 2.97. The van der Waals surface area contributed by atoms with Crippen molar-refractivity contribution < 1.29 is 14.3 Å². The summed E-state index contributed by atoms with van der Waals surface area (Å²) >= 11 is 0. The average Bonchev–Trinajstić information content (AvgIpc) is 2.78. The number of nitrogens with one attached hydrogen (secondary N) is 2. The summed E-state index contributed by atoms with van der Waals surface area (Å²) < 4.78 is 11.0. The number of amides is 1. The van der Waals surface area contributed by atoms with Crippen molar-refractivity contribution in [2.24, 2.45) is 4.99 Å². The van der Waals surface area contributed by atoms with Crippen LogP contribution in [0.3, 0.4) is 0 Å². The molecular weight excluding hydrogens is 507 g/mol. The normalized spacial score (nSPS) is 13.4. The molecule has 0 aromatic heterocycles. The SMILES string of the molecule is CCCCOCCOCCNC(=NC)NCCCC(=O)N1CCc2ccccc2C1.I. The minimum Gasteiger partial charge on any atom is -0.379 e. The summed E-state index contributed by atoms with van der Waals surface area (Å²) in [5.41, 5.74) is 2.64. The third-order valence-electron chi connectivity index (χ3n) is 5.12. The maximum atomic E-state index is 12.5. The third kappa shape index (κ3) is 11.2. The van der Waals surface area contributed by atoms with E-state index >= 15 is 0 Å². The summed E-state index contributed by atoms with van der Waals surface area (Å²) in [6.07, 6.45) is 4.53. The lowest BCUT2D eigenvalue weighted by Crippen LogP contribution is -2.40. The van der Waals surface area contributed by atoms with Crippen LogP contribution in [0, 0.1) is 0 Å². The Balaban J connectivity index is 0.00000480. The second-order valence-electron chi connectivity index (χ2n) is 7.44. The number of rotatable bonds is 13. The van der Waals surface area contributed by atoms with Gasteiger partial charge in [-0.1, -0.05) is 37.6 Å². The van der Waals surface area contributed by atoms with E-state index in [0.29, 0.717) is 39.3 Å². The van der Waals surface area contributed by atoms with Crippen LogP contribution < -0.4 is 10.6 Å². The Labute approximate surface area is 204 Å². The zero-order chi connectivity index (χ0) is 21.4. The van der Waals surface area contributed by atoms with Crippen molar-refractivity contribution in [2.45, 2.75) is 45.6 Å². The van der Waals surface area contributed by atoms with Gasteiger partial charge in [-0.2, -0.15) is 0 Å². The van der Waals surface area contributed by atoms with Crippen molar-refractivity contribution in [3.8, 4) is 0 Å². The molecule has 1 aliphatic heterocycles. The molecule has 0 aliphatic carbocycles. The standard InChI is InChI=1S/C23H38N4O3.HI/c1-3-4-15-29-17-18-30-16-13-26-23(24-2)25-12-7-10-22(28)27-14-11-20-8-5-6-9-21(20)19-27;/h5-6,8-9H,3-4,7,10-19H2,1-2H3,(H2,24,25,26);1H. The summed E-state index contributed by atoms with van der Waals surface area (Å²) in [6.45, 7) is 7.76. The van der Waals surface area contributed by atoms with Crippen LogP contribution in [-0.2, 0) is 27.2 Å². The van der Waals surface area contributed by atoms with Crippen molar-refractivity contribution in [1.82, 2.24) is 15.5 Å². The monoisotopic (exact) mass is 546 g/mol. The van der Waals surface area contributed by atoms with Gasteiger partial charge in [-0.3, -0.25) is 9.79 Å². The molecule has 176 valence electrons. The number of hydrogen-bond donors (Lipinski definition) is 2. The Morgan fingerprint density at radius 1 is 1.03 bits per heavy atom. The minimum atomic E-state index is 0. The molecule has 7 nitrogen and oxygen atoms in total. The van der Waals surface area contributed by atoms with Crippen LogP contribution in [0.5, 0.6) is 0 Å². The first-order valence-electron chi connectivity index (χ1n) is 11.2. The zero-order valence-corrected chi connectivity index (χ0v) is 21.4.